The zero-order valence-electron chi connectivity index (χ0n) is 8.17. The summed E-state index contributed by atoms with van der Waals surface area (Å²) >= 11 is 0. The number of rotatable bonds is 3. The SMILES string of the molecule is CC/C(=N/NC(=O)O)c1cccnc1.Cl. The highest BCUT2D eigenvalue weighted by Crippen LogP contribution is 2.01. The zero-order chi connectivity index (χ0) is 10.4. The van der Waals surface area contributed by atoms with Gasteiger partial charge >= 0.3 is 6.09 Å². The molecule has 0 radical (unpaired) electrons. The van der Waals surface area contributed by atoms with Crippen LogP contribution in [0.15, 0.2) is 29.6 Å². The number of aromatic nitrogens is 1. The normalized spacial score (nSPS) is 10.3. The van der Waals surface area contributed by atoms with Crippen molar-refractivity contribution in [1.29, 1.82) is 0 Å². The topological polar surface area (TPSA) is 74.6 Å². The maximum Gasteiger partial charge on any atom is 0.425 e. The van der Waals surface area contributed by atoms with Gasteiger partial charge in [0.05, 0.1) is 5.71 Å². The van der Waals surface area contributed by atoms with Crippen molar-refractivity contribution >= 4 is 24.2 Å². The fourth-order valence-electron chi connectivity index (χ4n) is 0.996. The van der Waals surface area contributed by atoms with Gasteiger partial charge in [-0.05, 0) is 12.5 Å². The number of hydrogen-bond acceptors (Lipinski definition) is 3. The third-order valence-electron chi connectivity index (χ3n) is 1.62. The second-order valence-corrected chi connectivity index (χ2v) is 2.57. The van der Waals surface area contributed by atoms with Gasteiger partial charge in [0.15, 0.2) is 0 Å². The van der Waals surface area contributed by atoms with Crippen molar-refractivity contribution in [2.75, 3.05) is 0 Å². The molecule has 1 amide bonds. The van der Waals surface area contributed by atoms with Gasteiger partial charge in [-0.25, -0.2) is 10.2 Å². The van der Waals surface area contributed by atoms with Crippen LogP contribution in [-0.4, -0.2) is 21.9 Å². The van der Waals surface area contributed by atoms with Crippen molar-refractivity contribution in [3.05, 3.63) is 30.1 Å². The zero-order valence-corrected chi connectivity index (χ0v) is 8.99. The molecule has 15 heavy (non-hydrogen) atoms. The van der Waals surface area contributed by atoms with Crippen LogP contribution < -0.4 is 5.43 Å². The second-order valence-electron chi connectivity index (χ2n) is 2.57. The van der Waals surface area contributed by atoms with Crippen LogP contribution in [0.2, 0.25) is 0 Å². The van der Waals surface area contributed by atoms with Crippen LogP contribution in [0.4, 0.5) is 4.79 Å². The predicted molar refractivity (Wildman–Crippen MR) is 59.5 cm³/mol. The molecular weight excluding hydrogens is 218 g/mol. The number of carboxylic acid groups (broad SMARTS) is 1. The van der Waals surface area contributed by atoms with Gasteiger partial charge < -0.3 is 5.11 Å². The standard InChI is InChI=1S/C9H11N3O2.ClH/c1-2-8(11-12-9(13)14)7-4-3-5-10-6-7;/h3-6,12H,2H2,1H3,(H,13,14);1H/b11-8-;. The van der Waals surface area contributed by atoms with E-state index in [2.05, 4.69) is 10.1 Å². The Morgan fingerprint density at radius 2 is 2.40 bits per heavy atom. The molecule has 0 unspecified atom stereocenters. The first-order chi connectivity index (χ1) is 6.74. The smallest absolute Gasteiger partial charge is 0.425 e. The van der Waals surface area contributed by atoms with E-state index in [9.17, 15) is 4.79 Å². The maximum absolute atomic E-state index is 10.2. The molecule has 0 aliphatic carbocycles. The number of pyridine rings is 1. The van der Waals surface area contributed by atoms with Crippen LogP contribution in [-0.2, 0) is 0 Å². The van der Waals surface area contributed by atoms with E-state index in [1.807, 2.05) is 18.4 Å². The molecule has 0 aromatic carbocycles. The van der Waals surface area contributed by atoms with E-state index >= 15 is 0 Å². The number of halogens is 1. The van der Waals surface area contributed by atoms with E-state index in [1.165, 1.54) is 0 Å². The molecule has 82 valence electrons. The lowest BCUT2D eigenvalue weighted by Gasteiger charge is -2.01. The summed E-state index contributed by atoms with van der Waals surface area (Å²) in [6.45, 7) is 1.90. The minimum atomic E-state index is -1.17. The largest absolute Gasteiger partial charge is 0.464 e. The summed E-state index contributed by atoms with van der Waals surface area (Å²) in [5.41, 5.74) is 3.46. The van der Waals surface area contributed by atoms with Gasteiger partial charge in [-0.15, -0.1) is 12.4 Å². The van der Waals surface area contributed by atoms with Gasteiger partial charge in [-0.2, -0.15) is 5.10 Å². The van der Waals surface area contributed by atoms with Gasteiger partial charge in [0, 0.05) is 18.0 Å². The van der Waals surface area contributed by atoms with Crippen molar-refractivity contribution in [2.24, 2.45) is 5.10 Å². The van der Waals surface area contributed by atoms with E-state index in [0.29, 0.717) is 12.1 Å². The lowest BCUT2D eigenvalue weighted by Crippen LogP contribution is -2.17. The highest BCUT2D eigenvalue weighted by atomic mass is 35.5. The Morgan fingerprint density at radius 3 is 2.87 bits per heavy atom. The maximum atomic E-state index is 10.2. The highest BCUT2D eigenvalue weighted by molar-refractivity contribution is 6.00. The fraction of sp³-hybridized carbons (Fsp3) is 0.222. The van der Waals surface area contributed by atoms with Crippen LogP contribution in [0.1, 0.15) is 18.9 Å². The Hall–Kier alpha value is -1.62. The molecule has 5 nitrogen and oxygen atoms in total. The molecule has 1 aromatic heterocycles. The number of nitrogens with one attached hydrogen (secondary N) is 1. The van der Waals surface area contributed by atoms with E-state index in [1.54, 1.807) is 18.5 Å². The van der Waals surface area contributed by atoms with Gasteiger partial charge in [0.1, 0.15) is 0 Å². The molecule has 0 saturated heterocycles. The molecule has 0 aliphatic rings. The lowest BCUT2D eigenvalue weighted by atomic mass is 10.1. The number of nitrogens with zero attached hydrogens (tertiary/aromatic N) is 2. The molecular formula is C9H12ClN3O2. The molecule has 1 rings (SSSR count). The highest BCUT2D eigenvalue weighted by Gasteiger charge is 2.01. The van der Waals surface area contributed by atoms with Crippen LogP contribution in [0.5, 0.6) is 0 Å². The average Bonchev–Trinajstić information content (AvgIpc) is 2.20. The van der Waals surface area contributed by atoms with E-state index in [-0.39, 0.29) is 12.4 Å². The summed E-state index contributed by atoms with van der Waals surface area (Å²) in [6.07, 6.45) is 2.78. The quantitative estimate of drug-likeness (QED) is 0.614. The molecule has 1 aromatic rings. The predicted octanol–water partition coefficient (Wildman–Crippen LogP) is 1.89. The Kier molecular flexibility index (Phi) is 6.05. The monoisotopic (exact) mass is 229 g/mol. The van der Waals surface area contributed by atoms with Gasteiger partial charge in [0.2, 0.25) is 0 Å². The minimum absolute atomic E-state index is 0. The first-order valence-corrected chi connectivity index (χ1v) is 4.20. The first-order valence-electron chi connectivity index (χ1n) is 4.20. The summed E-state index contributed by atoms with van der Waals surface area (Å²) in [4.78, 5) is 14.1. The van der Waals surface area contributed by atoms with Crippen LogP contribution in [0.3, 0.4) is 0 Å². The Labute approximate surface area is 93.6 Å². The molecule has 2 N–H and O–H groups in total. The van der Waals surface area contributed by atoms with Crippen LogP contribution >= 0.6 is 12.4 Å². The van der Waals surface area contributed by atoms with Crippen molar-refractivity contribution in [3.63, 3.8) is 0 Å². The number of hydrazone groups is 1. The van der Waals surface area contributed by atoms with E-state index in [4.69, 9.17) is 5.11 Å². The average molecular weight is 230 g/mol. The molecule has 0 saturated carbocycles. The lowest BCUT2D eigenvalue weighted by molar-refractivity contribution is 0.195. The van der Waals surface area contributed by atoms with E-state index < -0.39 is 6.09 Å². The van der Waals surface area contributed by atoms with Crippen LogP contribution in [0, 0.1) is 0 Å². The Morgan fingerprint density at radius 1 is 1.67 bits per heavy atom. The Balaban J connectivity index is 0.00000196. The van der Waals surface area contributed by atoms with Crippen molar-refractivity contribution in [2.45, 2.75) is 13.3 Å². The molecule has 6 heteroatoms. The van der Waals surface area contributed by atoms with Gasteiger partial charge in [0.25, 0.3) is 0 Å². The molecule has 0 atom stereocenters. The number of carbonyl (C=O) groups is 1. The minimum Gasteiger partial charge on any atom is -0.464 e. The summed E-state index contributed by atoms with van der Waals surface area (Å²) in [5, 5.41) is 12.1. The number of amides is 1. The molecule has 0 aliphatic heterocycles. The van der Waals surface area contributed by atoms with Gasteiger partial charge in [-0.1, -0.05) is 13.0 Å². The van der Waals surface area contributed by atoms with Crippen LogP contribution in [0.25, 0.3) is 0 Å². The van der Waals surface area contributed by atoms with Crippen molar-refractivity contribution in [3.8, 4) is 0 Å². The summed E-state index contributed by atoms with van der Waals surface area (Å²) in [7, 11) is 0. The van der Waals surface area contributed by atoms with Crippen molar-refractivity contribution < 1.29 is 9.90 Å². The third-order valence-corrected chi connectivity index (χ3v) is 1.62. The molecule has 0 fully saturated rings. The molecule has 1 heterocycles. The van der Waals surface area contributed by atoms with Crippen molar-refractivity contribution in [1.82, 2.24) is 10.4 Å². The molecule has 0 bridgehead atoms. The third kappa shape index (κ3) is 4.42. The fourth-order valence-corrected chi connectivity index (χ4v) is 0.996. The Bertz CT molecular complexity index is 340. The van der Waals surface area contributed by atoms with E-state index in [0.717, 1.165) is 5.56 Å². The first kappa shape index (κ1) is 13.4. The second kappa shape index (κ2) is 6.78. The summed E-state index contributed by atoms with van der Waals surface area (Å²) in [6, 6.07) is 3.61. The molecule has 0 spiro atoms. The summed E-state index contributed by atoms with van der Waals surface area (Å²) in [5.74, 6) is 0. The van der Waals surface area contributed by atoms with Gasteiger partial charge in [-0.3, -0.25) is 4.98 Å². The number of hydrogen-bond donors (Lipinski definition) is 2. The summed E-state index contributed by atoms with van der Waals surface area (Å²) < 4.78 is 0.